The Labute approximate surface area is 185 Å². The van der Waals surface area contributed by atoms with Crippen LogP contribution < -0.4 is 10.6 Å². The van der Waals surface area contributed by atoms with Gasteiger partial charge in [-0.15, -0.1) is 0 Å². The first-order valence-corrected chi connectivity index (χ1v) is 9.84. The fourth-order valence-corrected chi connectivity index (χ4v) is 3.26. The number of H-pyrrole nitrogens is 1. The van der Waals surface area contributed by atoms with Crippen LogP contribution in [0.4, 0.5) is 29.1 Å². The maximum atomic E-state index is 14.6. The molecule has 0 saturated heterocycles. The lowest BCUT2D eigenvalue weighted by molar-refractivity contribution is -0.141. The zero-order valence-corrected chi connectivity index (χ0v) is 17.3. The van der Waals surface area contributed by atoms with E-state index in [0.29, 0.717) is 22.5 Å². The van der Waals surface area contributed by atoms with E-state index in [2.05, 4.69) is 30.6 Å². The molecule has 0 atom stereocenters. The van der Waals surface area contributed by atoms with E-state index in [-0.39, 0.29) is 24.7 Å². The van der Waals surface area contributed by atoms with Crippen molar-refractivity contribution in [2.45, 2.75) is 26.1 Å². The van der Waals surface area contributed by atoms with Crippen molar-refractivity contribution in [2.24, 2.45) is 0 Å². The molecule has 1 amide bonds. The fraction of sp³-hybridized carbons (Fsp3) is 0.182. The Morgan fingerprint density at radius 1 is 1.09 bits per heavy atom. The summed E-state index contributed by atoms with van der Waals surface area (Å²) in [6.45, 7) is 1.53. The van der Waals surface area contributed by atoms with Crippen LogP contribution in [0, 0.1) is 5.95 Å². The van der Waals surface area contributed by atoms with Crippen molar-refractivity contribution in [3.05, 3.63) is 77.3 Å². The van der Waals surface area contributed by atoms with Crippen molar-refractivity contribution in [1.82, 2.24) is 19.9 Å². The SMILES string of the molecule is CC(=O)Nc1cnc2[nH]cc(Cc3ccc(NCc4ccc(C(F)(F)F)nc4)nc3F)c2c1. The van der Waals surface area contributed by atoms with Gasteiger partial charge in [0.2, 0.25) is 11.9 Å². The van der Waals surface area contributed by atoms with E-state index in [1.807, 2.05) is 0 Å². The van der Waals surface area contributed by atoms with E-state index in [0.717, 1.165) is 23.2 Å². The number of nitrogens with one attached hydrogen (secondary N) is 3. The molecule has 33 heavy (non-hydrogen) atoms. The number of hydrogen-bond donors (Lipinski definition) is 3. The van der Waals surface area contributed by atoms with Gasteiger partial charge in [-0.2, -0.15) is 17.6 Å². The summed E-state index contributed by atoms with van der Waals surface area (Å²) in [4.78, 5) is 25.8. The predicted molar refractivity (Wildman–Crippen MR) is 114 cm³/mol. The number of nitrogens with zero attached hydrogens (tertiary/aromatic N) is 3. The van der Waals surface area contributed by atoms with E-state index in [1.165, 1.54) is 19.2 Å². The van der Waals surface area contributed by atoms with Crippen LogP contribution >= 0.6 is 0 Å². The van der Waals surface area contributed by atoms with E-state index >= 15 is 0 Å². The van der Waals surface area contributed by atoms with E-state index in [9.17, 15) is 22.4 Å². The number of anilines is 2. The molecule has 11 heteroatoms. The molecule has 0 fully saturated rings. The van der Waals surface area contributed by atoms with Crippen molar-refractivity contribution >= 4 is 28.4 Å². The largest absolute Gasteiger partial charge is 0.433 e. The molecule has 4 heterocycles. The normalized spacial score (nSPS) is 11.5. The zero-order chi connectivity index (χ0) is 23.6. The second-order valence-corrected chi connectivity index (χ2v) is 7.34. The molecular weight excluding hydrogens is 440 g/mol. The molecule has 0 aromatic carbocycles. The summed E-state index contributed by atoms with van der Waals surface area (Å²) in [6, 6.07) is 7.12. The molecule has 0 aliphatic heterocycles. The summed E-state index contributed by atoms with van der Waals surface area (Å²) in [6.07, 6.45) is 0.101. The van der Waals surface area contributed by atoms with Crippen LogP contribution in [0.15, 0.2) is 48.9 Å². The van der Waals surface area contributed by atoms with Gasteiger partial charge in [-0.25, -0.2) is 9.97 Å². The molecule has 0 unspecified atom stereocenters. The standard InChI is InChI=1S/C22H18F4N6O/c1-12(33)31-16-7-17-15(10-29-21(17)30-11-16)6-14-3-5-19(32-20(14)23)28-9-13-2-4-18(27-8-13)22(24,25)26/h2-5,7-8,10-11H,6,9H2,1H3,(H,28,32)(H,29,30)(H,31,33). The summed E-state index contributed by atoms with van der Waals surface area (Å²) in [7, 11) is 0. The number of hydrogen-bond acceptors (Lipinski definition) is 5. The lowest BCUT2D eigenvalue weighted by Crippen LogP contribution is -2.09. The quantitative estimate of drug-likeness (QED) is 0.288. The van der Waals surface area contributed by atoms with E-state index in [4.69, 9.17) is 0 Å². The van der Waals surface area contributed by atoms with Crippen LogP contribution in [0.1, 0.15) is 29.3 Å². The van der Waals surface area contributed by atoms with Gasteiger partial charge in [-0.1, -0.05) is 12.1 Å². The summed E-state index contributed by atoms with van der Waals surface area (Å²) in [5, 5.41) is 6.28. The molecule has 4 aromatic rings. The molecule has 0 bridgehead atoms. The molecule has 7 nitrogen and oxygen atoms in total. The van der Waals surface area contributed by atoms with Gasteiger partial charge in [0.15, 0.2) is 0 Å². The van der Waals surface area contributed by atoms with Crippen molar-refractivity contribution in [2.75, 3.05) is 10.6 Å². The first-order valence-electron chi connectivity index (χ1n) is 9.84. The highest BCUT2D eigenvalue weighted by Gasteiger charge is 2.31. The smallest absolute Gasteiger partial charge is 0.366 e. The van der Waals surface area contributed by atoms with E-state index in [1.54, 1.807) is 24.4 Å². The van der Waals surface area contributed by atoms with Gasteiger partial charge >= 0.3 is 6.18 Å². The Kier molecular flexibility index (Phi) is 5.95. The average Bonchev–Trinajstić information content (AvgIpc) is 3.15. The number of halogens is 4. The number of pyridine rings is 3. The van der Waals surface area contributed by atoms with Gasteiger partial charge in [0.25, 0.3) is 0 Å². The highest BCUT2D eigenvalue weighted by molar-refractivity contribution is 5.92. The minimum absolute atomic E-state index is 0.136. The predicted octanol–water partition coefficient (Wildman–Crippen LogP) is 4.67. The fourth-order valence-electron chi connectivity index (χ4n) is 3.26. The Hall–Kier alpha value is -4.02. The maximum absolute atomic E-state index is 14.6. The Bertz CT molecular complexity index is 1300. The van der Waals surface area contributed by atoms with Crippen molar-refractivity contribution < 1.29 is 22.4 Å². The first-order chi connectivity index (χ1) is 15.7. The second-order valence-electron chi connectivity index (χ2n) is 7.34. The molecule has 0 spiro atoms. The number of aromatic nitrogens is 4. The van der Waals surface area contributed by atoms with Crippen LogP contribution in [0.5, 0.6) is 0 Å². The molecule has 0 radical (unpaired) electrons. The first kappa shape index (κ1) is 22.2. The van der Waals surface area contributed by atoms with Gasteiger partial charge in [-0.3, -0.25) is 9.78 Å². The molecule has 0 saturated carbocycles. The van der Waals surface area contributed by atoms with Gasteiger partial charge in [0.1, 0.15) is 17.2 Å². The highest BCUT2D eigenvalue weighted by atomic mass is 19.4. The topological polar surface area (TPSA) is 95.6 Å². The number of rotatable bonds is 6. The van der Waals surface area contributed by atoms with Crippen LogP contribution in [-0.2, 0) is 23.9 Å². The average molecular weight is 458 g/mol. The molecule has 170 valence electrons. The molecule has 3 N–H and O–H groups in total. The summed E-state index contributed by atoms with van der Waals surface area (Å²) >= 11 is 0. The Morgan fingerprint density at radius 2 is 1.91 bits per heavy atom. The molecule has 0 aliphatic carbocycles. The highest BCUT2D eigenvalue weighted by Crippen LogP contribution is 2.27. The Balaban J connectivity index is 1.45. The molecular formula is C22H18F4N6O. The number of carbonyl (C=O) groups excluding carboxylic acids is 1. The lowest BCUT2D eigenvalue weighted by atomic mass is 10.1. The third-order valence-corrected chi connectivity index (χ3v) is 4.83. The third kappa shape index (κ3) is 5.25. The number of amides is 1. The van der Waals surface area contributed by atoms with Crippen LogP contribution in [-0.4, -0.2) is 25.8 Å². The lowest BCUT2D eigenvalue weighted by Gasteiger charge is -2.09. The van der Waals surface area contributed by atoms with Crippen molar-refractivity contribution in [1.29, 1.82) is 0 Å². The summed E-state index contributed by atoms with van der Waals surface area (Å²) in [5.74, 6) is -0.658. The molecule has 4 rings (SSSR count). The third-order valence-electron chi connectivity index (χ3n) is 4.83. The van der Waals surface area contributed by atoms with Crippen LogP contribution in [0.25, 0.3) is 11.0 Å². The monoisotopic (exact) mass is 458 g/mol. The summed E-state index contributed by atoms with van der Waals surface area (Å²) in [5.41, 5.74) is 1.79. The van der Waals surface area contributed by atoms with Gasteiger partial charge in [0, 0.05) is 43.2 Å². The minimum Gasteiger partial charge on any atom is -0.366 e. The van der Waals surface area contributed by atoms with Gasteiger partial charge in [-0.05, 0) is 29.3 Å². The number of carbonyl (C=O) groups is 1. The molecule has 4 aromatic heterocycles. The Morgan fingerprint density at radius 3 is 2.58 bits per heavy atom. The van der Waals surface area contributed by atoms with Crippen molar-refractivity contribution in [3.63, 3.8) is 0 Å². The summed E-state index contributed by atoms with van der Waals surface area (Å²) < 4.78 is 52.4. The number of alkyl halides is 3. The molecule has 0 aliphatic rings. The number of fused-ring (bicyclic) bond motifs is 1. The van der Waals surface area contributed by atoms with Crippen LogP contribution in [0.2, 0.25) is 0 Å². The number of aromatic amines is 1. The van der Waals surface area contributed by atoms with Gasteiger partial charge < -0.3 is 15.6 Å². The minimum atomic E-state index is -4.50. The maximum Gasteiger partial charge on any atom is 0.433 e. The second kappa shape index (κ2) is 8.85. The van der Waals surface area contributed by atoms with Gasteiger partial charge in [0.05, 0.1) is 11.9 Å². The van der Waals surface area contributed by atoms with Crippen molar-refractivity contribution in [3.8, 4) is 0 Å². The van der Waals surface area contributed by atoms with Crippen LogP contribution in [0.3, 0.4) is 0 Å². The van der Waals surface area contributed by atoms with E-state index < -0.39 is 17.8 Å². The zero-order valence-electron chi connectivity index (χ0n) is 17.3.